The molecule has 0 saturated carbocycles. The first kappa shape index (κ1) is 110. The fraction of sp³-hybridized carbons (Fsp3) is 0.138. The van der Waals surface area contributed by atoms with Crippen LogP contribution in [0.25, 0.3) is 21.5 Å². The van der Waals surface area contributed by atoms with Gasteiger partial charge in [0.1, 0.15) is 51.8 Å². The van der Waals surface area contributed by atoms with Gasteiger partial charge in [0.05, 0.1) is 98.1 Å². The monoisotopic (exact) mass is 1980 g/mol. The molecule has 8 aromatic carbocycles. The predicted molar refractivity (Wildman–Crippen MR) is 397 cm³/mol. The van der Waals surface area contributed by atoms with Gasteiger partial charge in [-0.25, -0.2) is 84.2 Å². The Bertz CT molecular complexity index is 6490. The van der Waals surface area contributed by atoms with Crippen LogP contribution in [0.4, 0.5) is 69.3 Å². The van der Waals surface area contributed by atoms with E-state index in [0.29, 0.717) is 36.4 Å². The van der Waals surface area contributed by atoms with Crippen LogP contribution in [0.5, 0.6) is 11.5 Å². The number of aromatic nitrogens is 6. The molecule has 44 nitrogen and oxygen atoms in total. The number of nitrogens with zero attached hydrogens (tertiary/aromatic N) is 10. The number of nitrogens with one attached hydrogen (secondary N) is 4. The molecule has 0 unspecified atom stereocenters. The number of hydrogen-bond donors (Lipinski definition) is 6. The van der Waals surface area contributed by atoms with Crippen LogP contribution in [0, 0.1) is 0 Å². The summed E-state index contributed by atoms with van der Waals surface area (Å²) < 4.78 is 327. The molecule has 0 fully saturated rings. The summed E-state index contributed by atoms with van der Waals surface area (Å²) in [5.41, 5.74) is -3.52. The van der Waals surface area contributed by atoms with E-state index in [1.165, 1.54) is 24.3 Å². The molecule has 63 heteroatoms. The fourth-order valence-corrected chi connectivity index (χ4v) is 20.1. The van der Waals surface area contributed by atoms with E-state index >= 15 is 0 Å². The first-order chi connectivity index (χ1) is 53.3. The maximum absolute atomic E-state index is 13.5. The average Bonchev–Trinajstić information content (AvgIpc) is 0.749. The number of phenolic OH excluding ortho intramolecular Hbond substituents is 2. The fourth-order valence-electron chi connectivity index (χ4n) is 9.95. The van der Waals surface area contributed by atoms with Gasteiger partial charge in [-0.15, -0.1) is 10.2 Å². The minimum absolute atomic E-state index is 0. The Morgan fingerprint density at radius 3 is 0.909 bits per heavy atom. The molecule has 10 rings (SSSR count). The first-order valence-corrected chi connectivity index (χ1v) is 47.5. The molecule has 0 aliphatic rings. The summed E-state index contributed by atoms with van der Waals surface area (Å²) in [6.07, 6.45) is 0. The molecule has 0 atom stereocenters. The number of anilines is 8. The van der Waals surface area contributed by atoms with Gasteiger partial charge in [0, 0.05) is 33.7 Å². The third-order valence-corrected chi connectivity index (χ3v) is 28.0. The van der Waals surface area contributed by atoms with E-state index in [4.69, 9.17) is 23.2 Å². The van der Waals surface area contributed by atoms with Crippen LogP contribution in [-0.4, -0.2) is 199 Å². The van der Waals surface area contributed by atoms with E-state index < -0.39 is 235 Å². The number of thioether (sulfide) groups is 1. The summed E-state index contributed by atoms with van der Waals surface area (Å²) in [6.45, 7) is -1.95. The van der Waals surface area contributed by atoms with Gasteiger partial charge in [0.15, 0.2) is 50.8 Å². The summed E-state index contributed by atoms with van der Waals surface area (Å²) in [6, 6.07) is 21.2. The Hall–Kier alpha value is -3.59. The molecule has 2 heterocycles. The Morgan fingerprint density at radius 2 is 0.628 bits per heavy atom. The first-order valence-electron chi connectivity index (χ1n) is 30.7. The Labute approximate surface area is 835 Å². The molecule has 612 valence electrons. The standard InChI is InChI=1S/C58H50Cl2N14O30S11.6Na/c59-53-65-55(61-33-1-9-37(10-2-33)106(77,78)21-17-103-114(97,98)99)69-57(67-53)63-43-29-41(110(85,86)87)25-31-27-45(112(91,92)93)49(51(75)47(31)43)73-71-35-5-13-39(14-6-35)108(81,82)23-19-105-20-24-109(83,84)40-15-7-36(8-16-40)72-74-50-46(113(94,95)96)28-32-26-42(111(88,89)90)30-44(48(32)52(50)76)64-58-68-54(60)66-56(70-58)62-34-3-11-38(12-4-34)107(79,80)22-18-104-115(100,101)102;;;;;;/h1-16,25-30,75-76H,17-24H2,(H,85,86,87)(H,88,89,90)(H,91,92,93)(H,94,95,96)(H,97,98,99)(H,100,101,102)(H2,61,63,65,67,69)(H2,62,64,66,68,70);;;;;;/q;6*+1/p-6. The molecule has 6 N–H and O–H groups in total. The van der Waals surface area contributed by atoms with Crippen LogP contribution in [0.15, 0.2) is 193 Å². The maximum atomic E-state index is 13.5. The summed E-state index contributed by atoms with van der Waals surface area (Å²) in [7, 11) is -49.3. The van der Waals surface area contributed by atoms with E-state index in [-0.39, 0.29) is 243 Å². The summed E-state index contributed by atoms with van der Waals surface area (Å²) in [5, 5.41) is 45.6. The zero-order valence-corrected chi connectivity index (χ0v) is 84.9. The zero-order valence-electron chi connectivity index (χ0n) is 62.4. The SMILES string of the molecule is O=S(=O)([O-])OCCS(=O)(=O)c1ccc(Nc2nc(Cl)nc(Nc3cc(S(=O)(=O)[O-])cc4cc(S(=O)(=O)[O-])c(N=Nc5ccc(S(=O)(=O)CCSCCS(=O)(=O)c6ccc(N=Nc7c(S(=O)(=O)[O-])cc8cc(S(=O)(=O)[O-])cc(Nc9nc(Cl)nc(Nc%10ccc(S(=O)(=O)CCOS(=O)(=O)[O-])cc%10)n9)c8c7O)cc6)cc5)c(O)c34)n2)cc1.[Na+].[Na+].[Na+].[Na+].[Na+].[Na+]. The molecule has 121 heavy (non-hydrogen) atoms. The molecule has 0 amide bonds. The molecule has 0 aliphatic carbocycles. The molecule has 2 aromatic heterocycles. The number of rotatable bonds is 34. The molecule has 0 aliphatic heterocycles. The molecule has 0 bridgehead atoms. The van der Waals surface area contributed by atoms with Gasteiger partial charge in [-0.2, -0.15) is 51.9 Å². The van der Waals surface area contributed by atoms with Gasteiger partial charge >= 0.3 is 177 Å². The second-order valence-electron chi connectivity index (χ2n) is 22.9. The van der Waals surface area contributed by atoms with Crippen molar-refractivity contribution < 1.29 is 307 Å². The largest absolute Gasteiger partial charge is 1.00 e. The molecular formula is C58H44Cl2N14Na6O30S11. The number of halogens is 2. The van der Waals surface area contributed by atoms with Crippen molar-refractivity contribution in [2.75, 3.05) is 69.0 Å². The van der Waals surface area contributed by atoms with Crippen LogP contribution >= 0.6 is 35.0 Å². The Balaban J connectivity index is 0.00000513. The number of azo groups is 2. The van der Waals surface area contributed by atoms with Crippen LogP contribution in [-0.2, 0) is 109 Å². The van der Waals surface area contributed by atoms with E-state index in [9.17, 15) is 122 Å². The van der Waals surface area contributed by atoms with Crippen LogP contribution in [0.1, 0.15) is 0 Å². The number of phenols is 2. The van der Waals surface area contributed by atoms with Gasteiger partial charge in [-0.3, -0.25) is 8.37 Å². The van der Waals surface area contributed by atoms with Crippen LogP contribution < -0.4 is 199 Å². The van der Waals surface area contributed by atoms with Gasteiger partial charge in [0.2, 0.25) is 55.2 Å². The molecule has 10 aromatic rings. The van der Waals surface area contributed by atoms with Crippen molar-refractivity contribution in [2.24, 2.45) is 20.5 Å². The molecule has 0 spiro atoms. The number of hydrogen-bond acceptors (Lipinski definition) is 45. The summed E-state index contributed by atoms with van der Waals surface area (Å²) >= 11 is 13.2. The van der Waals surface area contributed by atoms with Gasteiger partial charge in [-0.1, -0.05) is 0 Å². The van der Waals surface area contributed by atoms with Crippen molar-refractivity contribution in [3.05, 3.63) is 144 Å². The topological polar surface area (TPSA) is 714 Å². The summed E-state index contributed by atoms with van der Waals surface area (Å²) in [5.74, 6) is -7.55. The Morgan fingerprint density at radius 1 is 0.347 bits per heavy atom. The van der Waals surface area contributed by atoms with Crippen molar-refractivity contribution >= 4 is 226 Å². The van der Waals surface area contributed by atoms with Gasteiger partial charge in [0.25, 0.3) is 0 Å². The van der Waals surface area contributed by atoms with Gasteiger partial charge < -0.3 is 58.8 Å². The third kappa shape index (κ3) is 30.3. The van der Waals surface area contributed by atoms with Crippen LogP contribution in [0.3, 0.4) is 0 Å². The third-order valence-electron chi connectivity index (χ3n) is 15.1. The van der Waals surface area contributed by atoms with Crippen molar-refractivity contribution in [2.45, 2.75) is 39.2 Å². The number of fused-ring (bicyclic) bond motifs is 2. The average molecular weight is 1980 g/mol. The quantitative estimate of drug-likeness (QED) is 0.00717. The van der Waals surface area contributed by atoms with E-state index in [0.717, 1.165) is 84.6 Å². The second kappa shape index (κ2) is 44.1. The molecule has 0 saturated heterocycles. The number of benzene rings is 8. The van der Waals surface area contributed by atoms with Crippen molar-refractivity contribution in [3.8, 4) is 11.5 Å². The zero-order chi connectivity index (χ0) is 84.4. The van der Waals surface area contributed by atoms with Crippen molar-refractivity contribution in [1.29, 1.82) is 0 Å². The van der Waals surface area contributed by atoms with Crippen molar-refractivity contribution in [3.63, 3.8) is 0 Å². The Kier molecular flexibility index (Phi) is 40.0. The van der Waals surface area contributed by atoms with E-state index in [2.05, 4.69) is 80.0 Å². The number of aromatic hydroxyl groups is 2. The van der Waals surface area contributed by atoms with E-state index in [1.54, 1.807) is 0 Å². The van der Waals surface area contributed by atoms with Gasteiger partial charge in [-0.05, 0) is 167 Å². The van der Waals surface area contributed by atoms with E-state index in [1.807, 2.05) is 0 Å². The number of sulfone groups is 4. The maximum Gasteiger partial charge on any atom is 1.00 e. The minimum atomic E-state index is -5.67. The second-order valence-corrected chi connectivity index (χ2v) is 40.8. The normalized spacial score (nSPS) is 12.4. The summed E-state index contributed by atoms with van der Waals surface area (Å²) in [4.78, 5) is 17.7. The molecule has 0 radical (unpaired) electrons. The predicted octanol–water partition coefficient (Wildman–Crippen LogP) is -12.0. The van der Waals surface area contributed by atoms with Crippen LogP contribution in [0.2, 0.25) is 10.6 Å². The minimum Gasteiger partial charge on any atom is -0.744 e. The smallest absolute Gasteiger partial charge is 0.744 e. The molecular weight excluding hydrogens is 1930 g/mol. The van der Waals surface area contributed by atoms with Crippen molar-refractivity contribution in [1.82, 2.24) is 29.9 Å².